The number of benzene rings is 1. The lowest BCUT2D eigenvalue weighted by Crippen LogP contribution is -2.33. The summed E-state index contributed by atoms with van der Waals surface area (Å²) in [5.74, 6) is -0.551. The largest absolute Gasteiger partial charge is 0.365 e. The zero-order chi connectivity index (χ0) is 22.2. The monoisotopic (exact) mass is 450 g/mol. The normalized spacial score (nSPS) is 17.7. The molecular weight excluding hydrogens is 424 g/mol. The third-order valence-corrected chi connectivity index (χ3v) is 7.59. The molecule has 0 radical (unpaired) electrons. The molecule has 1 aliphatic carbocycles. The van der Waals surface area contributed by atoms with Crippen LogP contribution < -0.4 is 16.8 Å². The molecular formula is C23H26N6O2S. The first-order chi connectivity index (χ1) is 15.5. The fraction of sp³-hybridized carbons (Fsp3) is 0.348. The van der Waals surface area contributed by atoms with E-state index in [0.717, 1.165) is 48.5 Å². The number of urea groups is 1. The number of aromatic nitrogens is 2. The molecule has 8 nitrogen and oxygen atoms in total. The molecule has 1 aromatic carbocycles. The Balaban J connectivity index is 1.41. The number of hydrogen-bond acceptors (Lipinski definition) is 5. The smallest absolute Gasteiger partial charge is 0.317 e. The standard InChI is InChI=1S/C23H26N6O2S/c24-21(30)19-16-8-9-18-17(20(16)32-22(19)27-23(25)31)11-26-29(18)13-15-7-4-10-28(15)12-14-5-2-1-3-6-14/h1-3,5-6,11,15H,4,7-10,12-13H2,(H2,24,30)(H3,25,27,31)/t15-/m0/s1. The van der Waals surface area contributed by atoms with Gasteiger partial charge < -0.3 is 11.5 Å². The third kappa shape index (κ3) is 3.78. The van der Waals surface area contributed by atoms with Crippen LogP contribution in [0.3, 0.4) is 0 Å². The average molecular weight is 451 g/mol. The molecule has 3 heterocycles. The van der Waals surface area contributed by atoms with Gasteiger partial charge in [-0.3, -0.25) is 19.7 Å². The van der Waals surface area contributed by atoms with Crippen molar-refractivity contribution in [3.8, 4) is 10.4 Å². The molecule has 3 aromatic rings. The highest BCUT2D eigenvalue weighted by atomic mass is 32.1. The van der Waals surface area contributed by atoms with Crippen molar-refractivity contribution in [1.82, 2.24) is 14.7 Å². The zero-order valence-corrected chi connectivity index (χ0v) is 18.5. The number of rotatable bonds is 6. The van der Waals surface area contributed by atoms with Gasteiger partial charge in [-0.2, -0.15) is 5.10 Å². The second-order valence-electron chi connectivity index (χ2n) is 8.41. The van der Waals surface area contributed by atoms with Gasteiger partial charge in [0.1, 0.15) is 5.00 Å². The number of carbonyl (C=O) groups excluding carboxylic acids is 2. The molecule has 32 heavy (non-hydrogen) atoms. The molecule has 0 saturated carbocycles. The van der Waals surface area contributed by atoms with E-state index in [2.05, 4.69) is 39.2 Å². The van der Waals surface area contributed by atoms with Crippen molar-refractivity contribution in [3.63, 3.8) is 0 Å². The van der Waals surface area contributed by atoms with Gasteiger partial charge in [0.15, 0.2) is 0 Å². The van der Waals surface area contributed by atoms with E-state index in [9.17, 15) is 9.59 Å². The topological polar surface area (TPSA) is 119 Å². The number of thiophene rings is 1. The van der Waals surface area contributed by atoms with E-state index in [1.54, 1.807) is 0 Å². The lowest BCUT2D eigenvalue weighted by Gasteiger charge is -2.26. The Labute approximate surface area is 190 Å². The first-order valence-corrected chi connectivity index (χ1v) is 11.7. The molecule has 3 amide bonds. The second kappa shape index (κ2) is 8.40. The minimum atomic E-state index is -0.707. The summed E-state index contributed by atoms with van der Waals surface area (Å²) in [7, 11) is 0. The summed E-state index contributed by atoms with van der Waals surface area (Å²) in [5, 5.41) is 7.69. The van der Waals surface area contributed by atoms with Crippen LogP contribution in [0.4, 0.5) is 9.80 Å². The fourth-order valence-electron chi connectivity index (χ4n) is 4.97. The van der Waals surface area contributed by atoms with E-state index in [0.29, 0.717) is 23.0 Å². The lowest BCUT2D eigenvalue weighted by molar-refractivity contribution is 0.100. The summed E-state index contributed by atoms with van der Waals surface area (Å²) in [6, 6.07) is 10.3. The maximum absolute atomic E-state index is 12.1. The van der Waals surface area contributed by atoms with E-state index < -0.39 is 11.9 Å². The van der Waals surface area contributed by atoms with Crippen molar-refractivity contribution >= 4 is 28.3 Å². The minimum absolute atomic E-state index is 0.368. The number of amides is 3. The van der Waals surface area contributed by atoms with Gasteiger partial charge in [-0.1, -0.05) is 30.3 Å². The molecule has 0 unspecified atom stereocenters. The van der Waals surface area contributed by atoms with Gasteiger partial charge in [0.2, 0.25) is 0 Å². The van der Waals surface area contributed by atoms with Crippen LogP contribution in [0.25, 0.3) is 10.4 Å². The van der Waals surface area contributed by atoms with Crippen LogP contribution in [0, 0.1) is 0 Å². The summed E-state index contributed by atoms with van der Waals surface area (Å²) in [4.78, 5) is 27.0. The Morgan fingerprint density at radius 3 is 2.75 bits per heavy atom. The van der Waals surface area contributed by atoms with E-state index in [1.807, 2.05) is 12.3 Å². The van der Waals surface area contributed by atoms with Crippen molar-refractivity contribution in [1.29, 1.82) is 0 Å². The van der Waals surface area contributed by atoms with E-state index in [1.165, 1.54) is 29.0 Å². The van der Waals surface area contributed by atoms with Crippen molar-refractivity contribution in [2.24, 2.45) is 11.5 Å². The van der Waals surface area contributed by atoms with Crippen LogP contribution in [0.15, 0.2) is 36.5 Å². The average Bonchev–Trinajstić information content (AvgIpc) is 3.46. The highest BCUT2D eigenvalue weighted by molar-refractivity contribution is 7.20. The number of fused-ring (bicyclic) bond motifs is 3. The maximum atomic E-state index is 12.1. The van der Waals surface area contributed by atoms with E-state index in [-0.39, 0.29) is 0 Å². The molecule has 1 saturated heterocycles. The molecule has 2 aliphatic rings. The van der Waals surface area contributed by atoms with Gasteiger partial charge in [-0.05, 0) is 43.4 Å². The highest BCUT2D eigenvalue weighted by Crippen LogP contribution is 2.45. The molecule has 5 N–H and O–H groups in total. The predicted octanol–water partition coefficient (Wildman–Crippen LogP) is 2.96. The van der Waals surface area contributed by atoms with Gasteiger partial charge >= 0.3 is 6.03 Å². The predicted molar refractivity (Wildman–Crippen MR) is 125 cm³/mol. The summed E-state index contributed by atoms with van der Waals surface area (Å²) in [5.41, 5.74) is 15.7. The Morgan fingerprint density at radius 1 is 1.19 bits per heavy atom. The third-order valence-electron chi connectivity index (χ3n) is 6.41. The molecule has 166 valence electrons. The molecule has 9 heteroatoms. The number of primary amides is 2. The molecule has 1 aliphatic heterocycles. The van der Waals surface area contributed by atoms with Crippen LogP contribution in [0.2, 0.25) is 0 Å². The van der Waals surface area contributed by atoms with Gasteiger partial charge in [-0.15, -0.1) is 11.3 Å². The SMILES string of the molecule is NC(=O)Nc1sc2c(c1C(N)=O)CCc1c-2cnn1C[C@@H]1CCCN1Cc1ccccc1. The number of likely N-dealkylation sites (tertiary alicyclic amines) is 1. The molecule has 2 aromatic heterocycles. The highest BCUT2D eigenvalue weighted by Gasteiger charge is 2.31. The van der Waals surface area contributed by atoms with E-state index in [4.69, 9.17) is 16.6 Å². The first-order valence-electron chi connectivity index (χ1n) is 10.9. The number of hydrogen-bond donors (Lipinski definition) is 3. The second-order valence-corrected chi connectivity index (χ2v) is 9.43. The quantitative estimate of drug-likeness (QED) is 0.535. The summed E-state index contributed by atoms with van der Waals surface area (Å²) in [6.45, 7) is 2.90. The number of carbonyl (C=O) groups is 2. The minimum Gasteiger partial charge on any atom is -0.365 e. The van der Waals surface area contributed by atoms with Crippen LogP contribution in [-0.2, 0) is 25.9 Å². The van der Waals surface area contributed by atoms with Crippen LogP contribution in [0.5, 0.6) is 0 Å². The fourth-order valence-corrected chi connectivity index (χ4v) is 6.26. The lowest BCUT2D eigenvalue weighted by atomic mass is 9.93. The maximum Gasteiger partial charge on any atom is 0.317 e. The van der Waals surface area contributed by atoms with Gasteiger partial charge in [-0.25, -0.2) is 4.79 Å². The van der Waals surface area contributed by atoms with Gasteiger partial charge in [0.25, 0.3) is 5.91 Å². The first kappa shape index (κ1) is 20.7. The van der Waals surface area contributed by atoms with Gasteiger partial charge in [0.05, 0.1) is 18.3 Å². The van der Waals surface area contributed by atoms with Crippen LogP contribution in [-0.4, -0.2) is 39.2 Å². The number of nitrogens with one attached hydrogen (secondary N) is 1. The molecule has 0 spiro atoms. The summed E-state index contributed by atoms with van der Waals surface area (Å²) < 4.78 is 2.12. The van der Waals surface area contributed by atoms with E-state index >= 15 is 0 Å². The van der Waals surface area contributed by atoms with Crippen molar-refractivity contribution in [2.75, 3.05) is 11.9 Å². The molecule has 5 rings (SSSR count). The van der Waals surface area contributed by atoms with Crippen LogP contribution >= 0.6 is 11.3 Å². The summed E-state index contributed by atoms with van der Waals surface area (Å²) in [6.07, 6.45) is 5.69. The van der Waals surface area contributed by atoms with Crippen LogP contribution in [0.1, 0.15) is 40.0 Å². The Kier molecular flexibility index (Phi) is 5.44. The van der Waals surface area contributed by atoms with Gasteiger partial charge in [0, 0.05) is 28.7 Å². The zero-order valence-electron chi connectivity index (χ0n) is 17.7. The number of nitrogens with two attached hydrogens (primary N) is 2. The Bertz CT molecular complexity index is 1170. The number of nitrogens with zero attached hydrogens (tertiary/aromatic N) is 3. The van der Waals surface area contributed by atoms with Crippen molar-refractivity contribution in [3.05, 3.63) is 58.9 Å². The van der Waals surface area contributed by atoms with Crippen molar-refractivity contribution < 1.29 is 9.59 Å². The summed E-state index contributed by atoms with van der Waals surface area (Å²) >= 11 is 1.34. The Morgan fingerprint density at radius 2 is 2.00 bits per heavy atom. The number of anilines is 1. The van der Waals surface area contributed by atoms with Crippen molar-refractivity contribution in [2.45, 2.75) is 44.8 Å². The molecule has 1 fully saturated rings. The Hall–Kier alpha value is -3.17. The molecule has 0 bridgehead atoms. The molecule has 1 atom stereocenters.